The monoisotopic (exact) mass is 396 g/mol. The van der Waals surface area contributed by atoms with Crippen LogP contribution >= 0.6 is 0 Å². The molecule has 2 aromatic carbocycles. The molecule has 1 aliphatic carbocycles. The summed E-state index contributed by atoms with van der Waals surface area (Å²) in [7, 11) is -3.56. The minimum absolute atomic E-state index is 0.0536. The van der Waals surface area contributed by atoms with E-state index in [0.29, 0.717) is 10.8 Å². The fourth-order valence-electron chi connectivity index (χ4n) is 4.03. The summed E-state index contributed by atoms with van der Waals surface area (Å²) in [5, 5.41) is 9.29. The molecular formula is C21H24N4O2S. The summed E-state index contributed by atoms with van der Waals surface area (Å²) in [6, 6.07) is 15.1. The molecule has 0 spiro atoms. The molecule has 7 heteroatoms. The predicted molar refractivity (Wildman–Crippen MR) is 110 cm³/mol. The van der Waals surface area contributed by atoms with E-state index in [1.807, 2.05) is 30.3 Å². The molecule has 1 saturated heterocycles. The smallest absolute Gasteiger partial charge is 0.241 e. The molecule has 28 heavy (non-hydrogen) atoms. The Morgan fingerprint density at radius 3 is 2.54 bits per heavy atom. The fourth-order valence-corrected chi connectivity index (χ4v) is 5.56. The van der Waals surface area contributed by atoms with Crippen molar-refractivity contribution in [3.63, 3.8) is 0 Å². The predicted octanol–water partition coefficient (Wildman–Crippen LogP) is 3.39. The van der Waals surface area contributed by atoms with Crippen LogP contribution in [0.3, 0.4) is 0 Å². The van der Waals surface area contributed by atoms with Crippen LogP contribution in [0.15, 0.2) is 53.4 Å². The zero-order valence-corrected chi connectivity index (χ0v) is 16.5. The number of rotatable bonds is 5. The van der Waals surface area contributed by atoms with Gasteiger partial charge < -0.3 is 4.90 Å². The SMILES string of the molecule is O=S(=O)(NC1CCN(c2cc(C3CC3)[nH]n2)CC1)c1cccc2ccccc12. The van der Waals surface area contributed by atoms with Gasteiger partial charge in [-0.15, -0.1) is 0 Å². The Labute approximate surface area is 165 Å². The van der Waals surface area contributed by atoms with Crippen LogP contribution in [-0.2, 0) is 10.0 Å². The summed E-state index contributed by atoms with van der Waals surface area (Å²) in [6.07, 6.45) is 4.05. The van der Waals surface area contributed by atoms with Gasteiger partial charge in [-0.3, -0.25) is 5.10 Å². The van der Waals surface area contributed by atoms with Gasteiger partial charge in [-0.1, -0.05) is 36.4 Å². The maximum absolute atomic E-state index is 13.0. The van der Waals surface area contributed by atoms with Crippen LogP contribution in [0.4, 0.5) is 5.82 Å². The Morgan fingerprint density at radius 1 is 1.00 bits per heavy atom. The van der Waals surface area contributed by atoms with Crippen LogP contribution < -0.4 is 9.62 Å². The molecule has 6 nitrogen and oxygen atoms in total. The minimum Gasteiger partial charge on any atom is -0.355 e. The van der Waals surface area contributed by atoms with Crippen molar-refractivity contribution in [2.45, 2.75) is 42.5 Å². The first-order chi connectivity index (χ1) is 13.6. The van der Waals surface area contributed by atoms with E-state index in [1.54, 1.807) is 12.1 Å². The third kappa shape index (κ3) is 3.40. The van der Waals surface area contributed by atoms with Crippen LogP contribution in [0, 0.1) is 0 Å². The molecule has 0 unspecified atom stereocenters. The van der Waals surface area contributed by atoms with E-state index in [-0.39, 0.29) is 6.04 Å². The van der Waals surface area contributed by atoms with Gasteiger partial charge in [0, 0.05) is 42.2 Å². The van der Waals surface area contributed by atoms with E-state index in [4.69, 9.17) is 0 Å². The molecule has 3 aromatic rings. The number of hydrogen-bond donors (Lipinski definition) is 2. The highest BCUT2D eigenvalue weighted by atomic mass is 32.2. The summed E-state index contributed by atoms with van der Waals surface area (Å²) >= 11 is 0. The van der Waals surface area contributed by atoms with Crippen molar-refractivity contribution in [2.24, 2.45) is 0 Å². The van der Waals surface area contributed by atoms with Gasteiger partial charge in [0.05, 0.1) is 4.90 Å². The minimum atomic E-state index is -3.56. The lowest BCUT2D eigenvalue weighted by Gasteiger charge is -2.32. The second-order valence-electron chi connectivity index (χ2n) is 7.82. The van der Waals surface area contributed by atoms with Gasteiger partial charge in [-0.25, -0.2) is 13.1 Å². The summed E-state index contributed by atoms with van der Waals surface area (Å²) < 4.78 is 28.9. The number of anilines is 1. The van der Waals surface area contributed by atoms with Crippen LogP contribution in [0.25, 0.3) is 10.8 Å². The number of piperidine rings is 1. The number of benzene rings is 2. The van der Waals surface area contributed by atoms with Gasteiger partial charge in [0.2, 0.25) is 10.0 Å². The highest BCUT2D eigenvalue weighted by Crippen LogP contribution is 2.40. The zero-order valence-electron chi connectivity index (χ0n) is 15.6. The van der Waals surface area contributed by atoms with E-state index >= 15 is 0 Å². The number of aromatic amines is 1. The fraction of sp³-hybridized carbons (Fsp3) is 0.381. The van der Waals surface area contributed by atoms with Crippen LogP contribution in [0.5, 0.6) is 0 Å². The summed E-state index contributed by atoms with van der Waals surface area (Å²) in [6.45, 7) is 1.61. The molecule has 0 atom stereocenters. The van der Waals surface area contributed by atoms with E-state index < -0.39 is 10.0 Å². The van der Waals surface area contributed by atoms with Gasteiger partial charge in [0.1, 0.15) is 0 Å². The van der Waals surface area contributed by atoms with Crippen LogP contribution in [0.1, 0.15) is 37.3 Å². The number of fused-ring (bicyclic) bond motifs is 1. The van der Waals surface area contributed by atoms with E-state index in [9.17, 15) is 8.42 Å². The van der Waals surface area contributed by atoms with Crippen molar-refractivity contribution >= 4 is 26.6 Å². The van der Waals surface area contributed by atoms with Gasteiger partial charge in [-0.05, 0) is 37.1 Å². The maximum Gasteiger partial charge on any atom is 0.241 e. The molecule has 2 N–H and O–H groups in total. The summed E-state index contributed by atoms with van der Waals surface area (Å²) in [4.78, 5) is 2.60. The van der Waals surface area contributed by atoms with E-state index in [1.165, 1.54) is 18.5 Å². The highest BCUT2D eigenvalue weighted by Gasteiger charge is 2.29. The second kappa shape index (κ2) is 6.90. The standard InChI is InChI=1S/C21H24N4O2S/c26-28(27,20-7-3-5-15-4-1-2-6-18(15)20)24-17-10-12-25(13-11-17)21-14-19(22-23-21)16-8-9-16/h1-7,14,16-17,24H,8-13H2,(H,22,23). The lowest BCUT2D eigenvalue weighted by Crippen LogP contribution is -2.44. The zero-order chi connectivity index (χ0) is 19.1. The number of sulfonamides is 1. The van der Waals surface area contributed by atoms with Crippen molar-refractivity contribution in [1.82, 2.24) is 14.9 Å². The lowest BCUT2D eigenvalue weighted by atomic mass is 10.1. The molecule has 0 amide bonds. The third-order valence-corrected chi connectivity index (χ3v) is 7.36. The Morgan fingerprint density at radius 2 is 1.75 bits per heavy atom. The van der Waals surface area contributed by atoms with Gasteiger partial charge in [0.25, 0.3) is 0 Å². The summed E-state index contributed by atoms with van der Waals surface area (Å²) in [5.41, 5.74) is 1.23. The molecule has 5 rings (SSSR count). The maximum atomic E-state index is 13.0. The first-order valence-corrected chi connectivity index (χ1v) is 11.4. The van der Waals surface area contributed by atoms with Crippen molar-refractivity contribution < 1.29 is 8.42 Å². The van der Waals surface area contributed by atoms with Crippen molar-refractivity contribution in [3.05, 3.63) is 54.2 Å². The Balaban J connectivity index is 1.27. The molecule has 0 bridgehead atoms. The van der Waals surface area contributed by atoms with Gasteiger partial charge in [0.15, 0.2) is 5.82 Å². The van der Waals surface area contributed by atoms with E-state index in [0.717, 1.165) is 42.5 Å². The molecule has 0 radical (unpaired) electrons. The number of nitrogens with one attached hydrogen (secondary N) is 2. The van der Waals surface area contributed by atoms with E-state index in [2.05, 4.69) is 25.9 Å². The average Bonchev–Trinajstić information content (AvgIpc) is 3.45. The normalized spacial score (nSPS) is 18.6. The van der Waals surface area contributed by atoms with Crippen molar-refractivity contribution in [2.75, 3.05) is 18.0 Å². The first-order valence-electron chi connectivity index (χ1n) is 9.90. The number of nitrogens with zero attached hydrogens (tertiary/aromatic N) is 2. The molecule has 2 aliphatic rings. The topological polar surface area (TPSA) is 78.1 Å². The highest BCUT2D eigenvalue weighted by molar-refractivity contribution is 7.89. The number of hydrogen-bond acceptors (Lipinski definition) is 4. The van der Waals surface area contributed by atoms with Crippen LogP contribution in [-0.4, -0.2) is 37.7 Å². The molecule has 1 aliphatic heterocycles. The average molecular weight is 397 g/mol. The molecular weight excluding hydrogens is 372 g/mol. The number of aromatic nitrogens is 2. The van der Waals surface area contributed by atoms with Crippen LogP contribution in [0.2, 0.25) is 0 Å². The van der Waals surface area contributed by atoms with Gasteiger partial charge >= 0.3 is 0 Å². The molecule has 1 saturated carbocycles. The Hall–Kier alpha value is -2.38. The Kier molecular flexibility index (Phi) is 4.36. The second-order valence-corrected chi connectivity index (χ2v) is 9.50. The molecule has 1 aromatic heterocycles. The summed E-state index contributed by atoms with van der Waals surface area (Å²) in [5.74, 6) is 1.64. The van der Waals surface area contributed by atoms with Crippen molar-refractivity contribution in [3.8, 4) is 0 Å². The molecule has 146 valence electrons. The first kappa shape index (κ1) is 17.7. The molecule has 2 fully saturated rings. The number of H-pyrrole nitrogens is 1. The third-order valence-electron chi connectivity index (χ3n) is 5.78. The van der Waals surface area contributed by atoms with Gasteiger partial charge in [-0.2, -0.15) is 5.10 Å². The van der Waals surface area contributed by atoms with Crippen molar-refractivity contribution in [1.29, 1.82) is 0 Å². The largest absolute Gasteiger partial charge is 0.355 e. The lowest BCUT2D eigenvalue weighted by molar-refractivity contribution is 0.458. The quantitative estimate of drug-likeness (QED) is 0.693. The molecule has 2 heterocycles. The Bertz CT molecular complexity index is 1090.